The van der Waals surface area contributed by atoms with E-state index in [1.165, 1.54) is 0 Å². The monoisotopic (exact) mass is 201 g/mol. The molecule has 84 valence electrons. The molecule has 3 nitrogen and oxygen atoms in total. The van der Waals surface area contributed by atoms with E-state index in [-0.39, 0.29) is 18.0 Å². The third-order valence-electron chi connectivity index (χ3n) is 2.02. The van der Waals surface area contributed by atoms with Crippen molar-refractivity contribution in [2.45, 2.75) is 46.6 Å². The molecule has 1 rings (SSSR count). The molecule has 0 aromatic rings. The molecular formula is C11H23NO2. The number of esters is 1. The van der Waals surface area contributed by atoms with Crippen molar-refractivity contribution < 1.29 is 9.53 Å². The first-order valence-electron chi connectivity index (χ1n) is 5.61. The number of hydrogen-bond acceptors (Lipinski definition) is 3. The predicted molar refractivity (Wildman–Crippen MR) is 58.2 cm³/mol. The van der Waals surface area contributed by atoms with Crippen LogP contribution in [0.5, 0.6) is 0 Å². The zero-order chi connectivity index (χ0) is 11.0. The second-order valence-corrected chi connectivity index (χ2v) is 3.51. The van der Waals surface area contributed by atoms with Crippen molar-refractivity contribution >= 4 is 5.97 Å². The van der Waals surface area contributed by atoms with Gasteiger partial charge in [-0.05, 0) is 39.8 Å². The lowest BCUT2D eigenvalue weighted by molar-refractivity contribution is -0.153. The molecule has 1 fully saturated rings. The molecule has 1 aliphatic rings. The molecule has 1 heterocycles. The minimum absolute atomic E-state index is 0.0207. The Labute approximate surface area is 87.2 Å². The Morgan fingerprint density at radius 2 is 1.79 bits per heavy atom. The van der Waals surface area contributed by atoms with Crippen LogP contribution in [0.3, 0.4) is 0 Å². The first kappa shape index (κ1) is 13.4. The average Bonchev–Trinajstić information content (AvgIpc) is 2.21. The first-order valence-corrected chi connectivity index (χ1v) is 5.61. The Hall–Kier alpha value is -0.570. The minimum atomic E-state index is -0.0218. The molecule has 0 spiro atoms. The summed E-state index contributed by atoms with van der Waals surface area (Å²) in [6.07, 6.45) is 1.87. The van der Waals surface area contributed by atoms with Crippen molar-refractivity contribution in [3.8, 4) is 0 Å². The van der Waals surface area contributed by atoms with Crippen LogP contribution in [0.4, 0.5) is 0 Å². The summed E-state index contributed by atoms with van der Waals surface area (Å²) >= 11 is 0. The third kappa shape index (κ3) is 5.22. The molecule has 0 atom stereocenters. The van der Waals surface area contributed by atoms with Crippen LogP contribution in [0.25, 0.3) is 0 Å². The number of carbonyl (C=O) groups excluding carboxylic acids is 1. The smallest absolute Gasteiger partial charge is 0.309 e. The van der Waals surface area contributed by atoms with E-state index in [9.17, 15) is 4.79 Å². The molecule has 0 aromatic carbocycles. The standard InChI is InChI=1S/C9H17NO2.C2H6/c1-7(2)12-9(11)8-3-5-10-6-4-8;1-2/h7-8,10H,3-6H2,1-2H3;1-2H3. The molecule has 1 N–H and O–H groups in total. The van der Waals surface area contributed by atoms with Crippen molar-refractivity contribution in [2.24, 2.45) is 5.92 Å². The van der Waals surface area contributed by atoms with E-state index >= 15 is 0 Å². The summed E-state index contributed by atoms with van der Waals surface area (Å²) in [5.74, 6) is 0.111. The van der Waals surface area contributed by atoms with Crippen LogP contribution in [0, 0.1) is 5.92 Å². The average molecular weight is 201 g/mol. The molecule has 0 bridgehead atoms. The summed E-state index contributed by atoms with van der Waals surface area (Å²) in [4.78, 5) is 11.4. The molecule has 0 aliphatic carbocycles. The summed E-state index contributed by atoms with van der Waals surface area (Å²) in [5.41, 5.74) is 0. The summed E-state index contributed by atoms with van der Waals surface area (Å²) in [5, 5.41) is 3.22. The van der Waals surface area contributed by atoms with Crippen LogP contribution < -0.4 is 5.32 Å². The van der Waals surface area contributed by atoms with Gasteiger partial charge in [-0.25, -0.2) is 0 Å². The summed E-state index contributed by atoms with van der Waals surface area (Å²) < 4.78 is 5.12. The zero-order valence-corrected chi connectivity index (χ0v) is 9.80. The van der Waals surface area contributed by atoms with E-state index in [2.05, 4.69) is 5.32 Å². The fraction of sp³-hybridized carbons (Fsp3) is 0.909. The lowest BCUT2D eigenvalue weighted by Gasteiger charge is -2.21. The molecule has 0 radical (unpaired) electrons. The van der Waals surface area contributed by atoms with Gasteiger partial charge in [0.15, 0.2) is 0 Å². The van der Waals surface area contributed by atoms with Crippen molar-refractivity contribution in [2.75, 3.05) is 13.1 Å². The second-order valence-electron chi connectivity index (χ2n) is 3.51. The maximum atomic E-state index is 11.4. The highest BCUT2D eigenvalue weighted by molar-refractivity contribution is 5.72. The Kier molecular flexibility index (Phi) is 7.48. The SMILES string of the molecule is CC.CC(C)OC(=O)C1CCNCC1. The van der Waals surface area contributed by atoms with Crippen LogP contribution in [0.15, 0.2) is 0 Å². The fourth-order valence-electron chi connectivity index (χ4n) is 1.39. The number of nitrogens with one attached hydrogen (secondary N) is 1. The van der Waals surface area contributed by atoms with Gasteiger partial charge in [0.25, 0.3) is 0 Å². The van der Waals surface area contributed by atoms with Crippen molar-refractivity contribution in [3.63, 3.8) is 0 Å². The second kappa shape index (κ2) is 7.80. The maximum Gasteiger partial charge on any atom is 0.309 e. The fourth-order valence-corrected chi connectivity index (χ4v) is 1.39. The highest BCUT2D eigenvalue weighted by atomic mass is 16.5. The van der Waals surface area contributed by atoms with Crippen molar-refractivity contribution in [3.05, 3.63) is 0 Å². The van der Waals surface area contributed by atoms with Gasteiger partial charge >= 0.3 is 5.97 Å². The Bertz CT molecular complexity index is 151. The molecule has 14 heavy (non-hydrogen) atoms. The van der Waals surface area contributed by atoms with Crippen LogP contribution in [-0.4, -0.2) is 25.2 Å². The van der Waals surface area contributed by atoms with E-state index in [0.29, 0.717) is 0 Å². The van der Waals surface area contributed by atoms with E-state index in [1.54, 1.807) is 0 Å². The number of hydrogen-bond donors (Lipinski definition) is 1. The lowest BCUT2D eigenvalue weighted by atomic mass is 9.98. The van der Waals surface area contributed by atoms with Crippen LogP contribution in [0.2, 0.25) is 0 Å². The Morgan fingerprint density at radius 3 is 2.21 bits per heavy atom. The van der Waals surface area contributed by atoms with E-state index < -0.39 is 0 Å². The molecule has 1 saturated heterocycles. The van der Waals surface area contributed by atoms with Crippen LogP contribution in [-0.2, 0) is 9.53 Å². The van der Waals surface area contributed by atoms with E-state index in [0.717, 1.165) is 25.9 Å². The summed E-state index contributed by atoms with van der Waals surface area (Å²) in [7, 11) is 0. The first-order chi connectivity index (χ1) is 6.70. The Morgan fingerprint density at radius 1 is 1.29 bits per heavy atom. The van der Waals surface area contributed by atoms with Gasteiger partial charge in [0.1, 0.15) is 0 Å². The minimum Gasteiger partial charge on any atom is -0.463 e. The van der Waals surface area contributed by atoms with Crippen LogP contribution in [0.1, 0.15) is 40.5 Å². The van der Waals surface area contributed by atoms with Crippen molar-refractivity contribution in [1.82, 2.24) is 5.32 Å². The Balaban J connectivity index is 0.000000791. The summed E-state index contributed by atoms with van der Waals surface area (Å²) in [6, 6.07) is 0. The van der Waals surface area contributed by atoms with Gasteiger partial charge in [-0.15, -0.1) is 0 Å². The van der Waals surface area contributed by atoms with Crippen molar-refractivity contribution in [1.29, 1.82) is 0 Å². The number of rotatable bonds is 2. The van der Waals surface area contributed by atoms with Gasteiger partial charge in [0, 0.05) is 0 Å². The molecule has 1 aliphatic heterocycles. The highest BCUT2D eigenvalue weighted by Gasteiger charge is 2.22. The quantitative estimate of drug-likeness (QED) is 0.694. The number of carbonyl (C=O) groups is 1. The van der Waals surface area contributed by atoms with Gasteiger partial charge in [0.05, 0.1) is 12.0 Å². The largest absolute Gasteiger partial charge is 0.463 e. The van der Waals surface area contributed by atoms with Gasteiger partial charge in [-0.2, -0.15) is 0 Å². The molecule has 0 amide bonds. The third-order valence-corrected chi connectivity index (χ3v) is 2.02. The maximum absolute atomic E-state index is 11.4. The molecule has 0 aromatic heterocycles. The normalized spacial score (nSPS) is 17.2. The molecule has 0 unspecified atom stereocenters. The molecule has 3 heteroatoms. The molecule has 0 saturated carbocycles. The highest BCUT2D eigenvalue weighted by Crippen LogP contribution is 2.13. The van der Waals surface area contributed by atoms with Gasteiger partial charge in [-0.3, -0.25) is 4.79 Å². The topological polar surface area (TPSA) is 38.3 Å². The van der Waals surface area contributed by atoms with Gasteiger partial charge in [-0.1, -0.05) is 13.8 Å². The zero-order valence-electron chi connectivity index (χ0n) is 9.80. The summed E-state index contributed by atoms with van der Waals surface area (Å²) in [6.45, 7) is 9.66. The number of piperidine rings is 1. The van der Waals surface area contributed by atoms with E-state index in [4.69, 9.17) is 4.74 Å². The number of ether oxygens (including phenoxy) is 1. The predicted octanol–water partition coefficient (Wildman–Crippen LogP) is 1.96. The van der Waals surface area contributed by atoms with E-state index in [1.807, 2.05) is 27.7 Å². The lowest BCUT2D eigenvalue weighted by Crippen LogP contribution is -2.33. The van der Waals surface area contributed by atoms with Gasteiger partial charge < -0.3 is 10.1 Å². The van der Waals surface area contributed by atoms with Gasteiger partial charge in [0.2, 0.25) is 0 Å². The van der Waals surface area contributed by atoms with Crippen LogP contribution >= 0.6 is 0 Å². The molecular weight excluding hydrogens is 178 g/mol.